The van der Waals surface area contributed by atoms with Crippen LogP contribution < -0.4 is 9.47 Å². The van der Waals surface area contributed by atoms with E-state index in [0.717, 1.165) is 0 Å². The predicted molar refractivity (Wildman–Crippen MR) is 75.1 cm³/mol. The Morgan fingerprint density at radius 1 is 1.20 bits per heavy atom. The molecule has 0 radical (unpaired) electrons. The normalized spacial score (nSPS) is 12.1. The van der Waals surface area contributed by atoms with Crippen LogP contribution in [0.25, 0.3) is 0 Å². The average Bonchev–Trinajstić information content (AvgIpc) is 2.42. The second-order valence-electron chi connectivity index (χ2n) is 4.23. The summed E-state index contributed by atoms with van der Waals surface area (Å²) in [6.07, 6.45) is -0.779. The van der Waals surface area contributed by atoms with Gasteiger partial charge in [0.15, 0.2) is 0 Å². The maximum atomic E-state index is 13.4. The number of rotatable bonds is 4. The third-order valence-electron chi connectivity index (χ3n) is 2.78. The number of aliphatic hydroxyl groups is 1. The Balaban J connectivity index is 2.40. The van der Waals surface area contributed by atoms with Crippen LogP contribution in [0.15, 0.2) is 36.4 Å². The third-order valence-corrected chi connectivity index (χ3v) is 3.09. The number of benzene rings is 2. The van der Waals surface area contributed by atoms with Crippen LogP contribution in [0.3, 0.4) is 0 Å². The van der Waals surface area contributed by atoms with E-state index >= 15 is 0 Å². The molecule has 106 valence electrons. The number of methoxy groups -OCH3 is 1. The van der Waals surface area contributed by atoms with Crippen LogP contribution >= 0.6 is 11.6 Å². The smallest absolute Gasteiger partial charge is 0.145 e. The lowest BCUT2D eigenvalue weighted by Crippen LogP contribution is -2.00. The number of aliphatic hydroxyl groups excluding tert-OH is 1. The number of ether oxygens (including phenoxy) is 2. The van der Waals surface area contributed by atoms with Gasteiger partial charge in [-0.2, -0.15) is 0 Å². The molecule has 1 N–H and O–H groups in total. The van der Waals surface area contributed by atoms with E-state index in [9.17, 15) is 9.50 Å². The summed E-state index contributed by atoms with van der Waals surface area (Å²) < 4.78 is 24.2. The highest BCUT2D eigenvalue weighted by Gasteiger charge is 2.16. The lowest BCUT2D eigenvalue weighted by molar-refractivity contribution is 0.190. The molecule has 0 amide bonds. The van der Waals surface area contributed by atoms with Crippen molar-refractivity contribution in [2.24, 2.45) is 0 Å². The van der Waals surface area contributed by atoms with Crippen LogP contribution in [0.4, 0.5) is 4.39 Å². The fourth-order valence-electron chi connectivity index (χ4n) is 1.87. The zero-order valence-corrected chi connectivity index (χ0v) is 11.8. The molecule has 0 heterocycles. The van der Waals surface area contributed by atoms with Crippen molar-refractivity contribution in [3.05, 3.63) is 52.8 Å². The minimum absolute atomic E-state index is 0.0266. The Hall–Kier alpha value is -1.78. The van der Waals surface area contributed by atoms with Gasteiger partial charge in [0.2, 0.25) is 0 Å². The highest BCUT2D eigenvalue weighted by molar-refractivity contribution is 6.30. The van der Waals surface area contributed by atoms with E-state index in [0.29, 0.717) is 22.8 Å². The molecular weight excluding hydrogens is 283 g/mol. The second-order valence-corrected chi connectivity index (χ2v) is 4.63. The largest absolute Gasteiger partial charge is 0.496 e. The molecule has 1 atom stereocenters. The Bertz CT molecular complexity index is 614. The fraction of sp³-hybridized carbons (Fsp3) is 0.200. The van der Waals surface area contributed by atoms with Crippen LogP contribution in [-0.4, -0.2) is 12.2 Å². The van der Waals surface area contributed by atoms with E-state index in [1.807, 2.05) is 0 Å². The SMILES string of the molecule is COc1cccc(Oc2ccc(Cl)c(F)c2)c1[C@H](C)O. The van der Waals surface area contributed by atoms with E-state index in [4.69, 9.17) is 21.1 Å². The molecule has 20 heavy (non-hydrogen) atoms. The van der Waals surface area contributed by atoms with Crippen LogP contribution in [0.2, 0.25) is 5.02 Å². The van der Waals surface area contributed by atoms with E-state index in [1.54, 1.807) is 31.2 Å². The Morgan fingerprint density at radius 3 is 2.50 bits per heavy atom. The molecular formula is C15H14ClFO3. The summed E-state index contributed by atoms with van der Waals surface area (Å²) >= 11 is 5.62. The third kappa shape index (κ3) is 3.03. The van der Waals surface area contributed by atoms with Crippen LogP contribution in [0, 0.1) is 5.82 Å². The molecule has 0 aliphatic carbocycles. The summed E-state index contributed by atoms with van der Waals surface area (Å²) in [5.41, 5.74) is 0.505. The first kappa shape index (κ1) is 14.6. The first-order valence-corrected chi connectivity index (χ1v) is 6.38. The Kier molecular flexibility index (Phi) is 4.47. The monoisotopic (exact) mass is 296 g/mol. The molecule has 0 bridgehead atoms. The molecule has 3 nitrogen and oxygen atoms in total. The van der Waals surface area contributed by atoms with Gasteiger partial charge in [-0.05, 0) is 31.2 Å². The van der Waals surface area contributed by atoms with Crippen molar-refractivity contribution in [2.45, 2.75) is 13.0 Å². The highest BCUT2D eigenvalue weighted by Crippen LogP contribution is 2.36. The molecule has 0 aliphatic rings. The average molecular weight is 297 g/mol. The molecule has 0 unspecified atom stereocenters. The quantitative estimate of drug-likeness (QED) is 0.912. The van der Waals surface area contributed by atoms with Crippen molar-refractivity contribution >= 4 is 11.6 Å². The highest BCUT2D eigenvalue weighted by atomic mass is 35.5. The molecule has 0 fully saturated rings. The van der Waals surface area contributed by atoms with Gasteiger partial charge in [0, 0.05) is 6.07 Å². The zero-order valence-electron chi connectivity index (χ0n) is 11.1. The van der Waals surface area contributed by atoms with Crippen molar-refractivity contribution in [2.75, 3.05) is 7.11 Å². The topological polar surface area (TPSA) is 38.7 Å². The fourth-order valence-corrected chi connectivity index (χ4v) is 1.99. The second kappa shape index (κ2) is 6.11. The molecule has 0 spiro atoms. The lowest BCUT2D eigenvalue weighted by atomic mass is 10.1. The van der Waals surface area contributed by atoms with Gasteiger partial charge in [0.1, 0.15) is 23.1 Å². The first-order chi connectivity index (χ1) is 9.52. The summed E-state index contributed by atoms with van der Waals surface area (Å²) in [6.45, 7) is 1.60. The predicted octanol–water partition coefficient (Wildman–Crippen LogP) is 4.33. The van der Waals surface area contributed by atoms with Gasteiger partial charge in [-0.1, -0.05) is 17.7 Å². The van der Waals surface area contributed by atoms with Crippen molar-refractivity contribution in [3.63, 3.8) is 0 Å². The van der Waals surface area contributed by atoms with Gasteiger partial charge >= 0.3 is 0 Å². The van der Waals surface area contributed by atoms with Crippen LogP contribution in [-0.2, 0) is 0 Å². The molecule has 0 saturated carbocycles. The van der Waals surface area contributed by atoms with Gasteiger partial charge in [-0.25, -0.2) is 4.39 Å². The van der Waals surface area contributed by atoms with Crippen molar-refractivity contribution in [3.8, 4) is 17.2 Å². The molecule has 2 aromatic carbocycles. The Morgan fingerprint density at radius 2 is 1.90 bits per heavy atom. The van der Waals surface area contributed by atoms with Gasteiger partial charge in [-0.15, -0.1) is 0 Å². The Labute approximate surface area is 121 Å². The molecule has 0 aliphatic heterocycles. The van der Waals surface area contributed by atoms with E-state index in [1.165, 1.54) is 19.2 Å². The zero-order chi connectivity index (χ0) is 14.7. The molecule has 2 aromatic rings. The van der Waals surface area contributed by atoms with Crippen LogP contribution in [0.1, 0.15) is 18.6 Å². The van der Waals surface area contributed by atoms with E-state index < -0.39 is 11.9 Å². The van der Waals surface area contributed by atoms with Crippen LogP contribution in [0.5, 0.6) is 17.2 Å². The van der Waals surface area contributed by atoms with Gasteiger partial charge in [0.25, 0.3) is 0 Å². The summed E-state index contributed by atoms with van der Waals surface area (Å²) in [7, 11) is 1.51. The number of hydrogen-bond acceptors (Lipinski definition) is 3. The molecule has 0 saturated heterocycles. The summed E-state index contributed by atoms with van der Waals surface area (Å²) in [5.74, 6) is 0.640. The van der Waals surface area contributed by atoms with Crippen molar-refractivity contribution in [1.29, 1.82) is 0 Å². The lowest BCUT2D eigenvalue weighted by Gasteiger charge is -2.16. The van der Waals surface area contributed by atoms with E-state index in [2.05, 4.69) is 0 Å². The van der Waals surface area contributed by atoms with Gasteiger partial charge in [-0.3, -0.25) is 0 Å². The maximum absolute atomic E-state index is 13.4. The molecule has 2 rings (SSSR count). The standard InChI is InChI=1S/C15H14ClFO3/c1-9(18)15-13(19-2)4-3-5-14(15)20-10-6-7-11(16)12(17)8-10/h3-9,18H,1-2H3/t9-/m0/s1. The molecule has 0 aromatic heterocycles. The number of halogens is 2. The maximum Gasteiger partial charge on any atom is 0.145 e. The van der Waals surface area contributed by atoms with Gasteiger partial charge < -0.3 is 14.6 Å². The summed E-state index contributed by atoms with van der Waals surface area (Å²) in [5, 5.41) is 9.86. The summed E-state index contributed by atoms with van der Waals surface area (Å²) in [4.78, 5) is 0. The van der Waals surface area contributed by atoms with Gasteiger partial charge in [0.05, 0.1) is 23.8 Å². The summed E-state index contributed by atoms with van der Waals surface area (Å²) in [6, 6.07) is 9.28. The van der Waals surface area contributed by atoms with Crippen molar-refractivity contribution < 1.29 is 19.0 Å². The molecule has 5 heteroatoms. The first-order valence-electron chi connectivity index (χ1n) is 6.00. The minimum atomic E-state index is -0.779. The minimum Gasteiger partial charge on any atom is -0.496 e. The van der Waals surface area contributed by atoms with Crippen molar-refractivity contribution in [1.82, 2.24) is 0 Å². The number of hydrogen-bond donors (Lipinski definition) is 1. The van der Waals surface area contributed by atoms with E-state index in [-0.39, 0.29) is 5.02 Å².